The minimum absolute atomic E-state index is 0.0470. The molecule has 1 N–H and O–H groups in total. The molecule has 0 saturated heterocycles. The predicted octanol–water partition coefficient (Wildman–Crippen LogP) is 3.85. The van der Waals surface area contributed by atoms with E-state index >= 15 is 0 Å². The first-order valence-electron chi connectivity index (χ1n) is 11.9. The van der Waals surface area contributed by atoms with Gasteiger partial charge in [-0.3, -0.25) is 13.9 Å². The number of methoxy groups -OCH3 is 2. The van der Waals surface area contributed by atoms with Crippen LogP contribution in [0.4, 0.5) is 5.69 Å². The Morgan fingerprint density at radius 1 is 1.03 bits per heavy atom. The Balaban J connectivity index is 2.19. The summed E-state index contributed by atoms with van der Waals surface area (Å²) in [6.45, 7) is 5.67. The van der Waals surface area contributed by atoms with Gasteiger partial charge in [0.25, 0.3) is 0 Å². The molecule has 0 bridgehead atoms. The quantitative estimate of drug-likeness (QED) is 0.404. The molecule has 9 nitrogen and oxygen atoms in total. The molecular weight excluding hydrogens is 518 g/mol. The lowest BCUT2D eigenvalue weighted by Gasteiger charge is -2.30. The topological polar surface area (TPSA) is 105 Å². The van der Waals surface area contributed by atoms with Crippen molar-refractivity contribution in [3.8, 4) is 11.5 Å². The van der Waals surface area contributed by atoms with Gasteiger partial charge in [0.1, 0.15) is 17.5 Å². The third kappa shape index (κ3) is 8.82. The van der Waals surface area contributed by atoms with Crippen molar-refractivity contribution in [2.45, 2.75) is 52.2 Å². The maximum absolute atomic E-state index is 13.3. The van der Waals surface area contributed by atoms with Crippen LogP contribution in [0, 0.1) is 0 Å². The number of ether oxygens (including phenoxy) is 2. The fourth-order valence-corrected chi connectivity index (χ4v) is 4.94. The number of nitrogens with zero attached hydrogens (tertiary/aromatic N) is 2. The third-order valence-corrected chi connectivity index (χ3v) is 7.18. The molecule has 2 rings (SSSR count). The number of nitrogens with one attached hydrogen (secondary N) is 1. The van der Waals surface area contributed by atoms with E-state index in [1.807, 2.05) is 26.0 Å². The highest BCUT2D eigenvalue weighted by atomic mass is 35.5. The van der Waals surface area contributed by atoms with Crippen LogP contribution in [0.1, 0.15) is 39.2 Å². The fourth-order valence-electron chi connectivity index (χ4n) is 3.73. The first-order chi connectivity index (χ1) is 17.4. The highest BCUT2D eigenvalue weighted by molar-refractivity contribution is 7.92. The Morgan fingerprint density at radius 2 is 1.68 bits per heavy atom. The van der Waals surface area contributed by atoms with E-state index in [0.29, 0.717) is 17.2 Å². The van der Waals surface area contributed by atoms with Crippen molar-refractivity contribution in [3.63, 3.8) is 0 Å². The van der Waals surface area contributed by atoms with E-state index in [2.05, 4.69) is 5.32 Å². The molecule has 0 aromatic heterocycles. The van der Waals surface area contributed by atoms with Crippen LogP contribution in [-0.2, 0) is 26.2 Å². The van der Waals surface area contributed by atoms with Crippen molar-refractivity contribution in [2.75, 3.05) is 31.3 Å². The standard InChI is InChI=1S/C26H36ClN3O6S/c1-18(2)28-26(32)19(3)29(17-20-9-12-22(35-4)13-10-20)25(31)8-7-15-30(37(6,33)34)21-11-14-24(36-5)23(27)16-21/h9-14,16,18-19H,7-8,15,17H2,1-6H3,(H,28,32)/t19-/m0/s1. The van der Waals surface area contributed by atoms with Crippen molar-refractivity contribution in [1.82, 2.24) is 10.2 Å². The molecule has 0 aliphatic carbocycles. The summed E-state index contributed by atoms with van der Waals surface area (Å²) in [7, 11) is -0.593. The number of carbonyl (C=O) groups excluding carboxylic acids is 2. The van der Waals surface area contributed by atoms with Crippen LogP contribution in [0.15, 0.2) is 42.5 Å². The molecule has 2 aromatic carbocycles. The first-order valence-corrected chi connectivity index (χ1v) is 14.1. The SMILES string of the molecule is COc1ccc(CN(C(=O)CCCN(c2ccc(OC)c(Cl)c2)S(C)(=O)=O)[C@@H](C)C(=O)NC(C)C)cc1. The van der Waals surface area contributed by atoms with Gasteiger partial charge in [-0.25, -0.2) is 8.42 Å². The van der Waals surface area contributed by atoms with Crippen molar-refractivity contribution in [3.05, 3.63) is 53.1 Å². The van der Waals surface area contributed by atoms with E-state index in [4.69, 9.17) is 21.1 Å². The van der Waals surface area contributed by atoms with Gasteiger partial charge in [0, 0.05) is 25.6 Å². The molecule has 0 fully saturated rings. The Kier molecular flexibility index (Phi) is 11.1. The van der Waals surface area contributed by atoms with Crippen LogP contribution in [0.25, 0.3) is 0 Å². The molecule has 11 heteroatoms. The van der Waals surface area contributed by atoms with Crippen LogP contribution in [0.2, 0.25) is 5.02 Å². The summed E-state index contributed by atoms with van der Waals surface area (Å²) in [6.07, 6.45) is 1.39. The van der Waals surface area contributed by atoms with E-state index in [-0.39, 0.29) is 48.8 Å². The highest BCUT2D eigenvalue weighted by Crippen LogP contribution is 2.30. The second-order valence-electron chi connectivity index (χ2n) is 8.97. The van der Waals surface area contributed by atoms with Crippen LogP contribution in [0.3, 0.4) is 0 Å². The number of hydrogen-bond acceptors (Lipinski definition) is 6. The largest absolute Gasteiger partial charge is 0.497 e. The van der Waals surface area contributed by atoms with Crippen LogP contribution in [-0.4, -0.2) is 64.2 Å². The lowest BCUT2D eigenvalue weighted by molar-refractivity contribution is -0.140. The molecule has 2 aromatic rings. The number of amides is 2. The summed E-state index contributed by atoms with van der Waals surface area (Å²) in [5.74, 6) is 0.592. The molecule has 0 aliphatic heterocycles. The zero-order chi connectivity index (χ0) is 27.8. The zero-order valence-electron chi connectivity index (χ0n) is 22.2. The van der Waals surface area contributed by atoms with Gasteiger partial charge < -0.3 is 19.7 Å². The van der Waals surface area contributed by atoms with Gasteiger partial charge in [0.15, 0.2) is 0 Å². The number of hydrogen-bond donors (Lipinski definition) is 1. The van der Waals surface area contributed by atoms with E-state index < -0.39 is 16.1 Å². The highest BCUT2D eigenvalue weighted by Gasteiger charge is 2.27. The molecular formula is C26H36ClN3O6S. The maximum Gasteiger partial charge on any atom is 0.242 e. The number of anilines is 1. The molecule has 37 heavy (non-hydrogen) atoms. The Morgan fingerprint density at radius 3 is 2.19 bits per heavy atom. The van der Waals surface area contributed by atoms with Gasteiger partial charge in [0.2, 0.25) is 21.8 Å². The molecule has 0 saturated carbocycles. The summed E-state index contributed by atoms with van der Waals surface area (Å²) in [6, 6.07) is 11.2. The summed E-state index contributed by atoms with van der Waals surface area (Å²) < 4.78 is 36.5. The average molecular weight is 554 g/mol. The van der Waals surface area contributed by atoms with Gasteiger partial charge in [-0.2, -0.15) is 0 Å². The second-order valence-corrected chi connectivity index (χ2v) is 11.3. The number of sulfonamides is 1. The van der Waals surface area contributed by atoms with Gasteiger partial charge in [-0.05, 0) is 63.1 Å². The molecule has 0 radical (unpaired) electrons. The molecule has 0 aliphatic rings. The summed E-state index contributed by atoms with van der Waals surface area (Å²) >= 11 is 6.19. The molecule has 0 spiro atoms. The average Bonchev–Trinajstić information content (AvgIpc) is 2.83. The van der Waals surface area contributed by atoms with E-state index in [9.17, 15) is 18.0 Å². The smallest absolute Gasteiger partial charge is 0.242 e. The molecule has 1 atom stereocenters. The Hall–Kier alpha value is -2.98. The van der Waals surface area contributed by atoms with Crippen molar-refractivity contribution >= 4 is 39.1 Å². The van der Waals surface area contributed by atoms with Gasteiger partial charge in [0.05, 0.1) is 31.2 Å². The van der Waals surface area contributed by atoms with Crippen molar-refractivity contribution in [1.29, 1.82) is 0 Å². The summed E-state index contributed by atoms with van der Waals surface area (Å²) in [5.41, 5.74) is 1.21. The fraction of sp³-hybridized carbons (Fsp3) is 0.462. The van der Waals surface area contributed by atoms with Gasteiger partial charge in [-0.1, -0.05) is 23.7 Å². The first kappa shape index (κ1) is 30.2. The van der Waals surface area contributed by atoms with Crippen LogP contribution < -0.4 is 19.1 Å². The van der Waals surface area contributed by atoms with E-state index in [1.54, 1.807) is 38.3 Å². The lowest BCUT2D eigenvalue weighted by Crippen LogP contribution is -2.49. The predicted molar refractivity (Wildman–Crippen MR) is 146 cm³/mol. The normalized spacial score (nSPS) is 12.1. The minimum atomic E-state index is -3.64. The molecule has 0 heterocycles. The Labute approximate surface area is 224 Å². The monoisotopic (exact) mass is 553 g/mol. The third-order valence-electron chi connectivity index (χ3n) is 5.69. The number of benzene rings is 2. The van der Waals surface area contributed by atoms with Crippen LogP contribution in [0.5, 0.6) is 11.5 Å². The maximum atomic E-state index is 13.3. The number of rotatable bonds is 13. The Bertz CT molecular complexity index is 1170. The number of halogens is 1. The number of carbonyl (C=O) groups is 2. The van der Waals surface area contributed by atoms with Gasteiger partial charge >= 0.3 is 0 Å². The molecule has 204 valence electrons. The lowest BCUT2D eigenvalue weighted by atomic mass is 10.1. The van der Waals surface area contributed by atoms with E-state index in [1.165, 1.54) is 22.4 Å². The second kappa shape index (κ2) is 13.5. The zero-order valence-corrected chi connectivity index (χ0v) is 23.7. The van der Waals surface area contributed by atoms with Gasteiger partial charge in [-0.15, -0.1) is 0 Å². The van der Waals surface area contributed by atoms with Crippen LogP contribution >= 0.6 is 11.6 Å². The van der Waals surface area contributed by atoms with Crippen molar-refractivity contribution < 1.29 is 27.5 Å². The summed E-state index contributed by atoms with van der Waals surface area (Å²) in [5, 5.41) is 3.13. The summed E-state index contributed by atoms with van der Waals surface area (Å²) in [4.78, 5) is 27.6. The van der Waals surface area contributed by atoms with E-state index in [0.717, 1.165) is 11.8 Å². The molecule has 2 amide bonds. The minimum Gasteiger partial charge on any atom is -0.497 e. The molecule has 0 unspecified atom stereocenters. The van der Waals surface area contributed by atoms with Crippen molar-refractivity contribution in [2.24, 2.45) is 0 Å².